The van der Waals surface area contributed by atoms with Gasteiger partial charge in [0.25, 0.3) is 0 Å². The molecule has 0 N–H and O–H groups in total. The van der Waals surface area contributed by atoms with Gasteiger partial charge in [-0.3, -0.25) is 0 Å². The van der Waals surface area contributed by atoms with Crippen LogP contribution in [-0.2, 0) is 12.8 Å². The molecule has 0 spiro atoms. The van der Waals surface area contributed by atoms with Crippen molar-refractivity contribution in [2.45, 2.75) is 19.8 Å². The van der Waals surface area contributed by atoms with E-state index in [0.717, 1.165) is 27.6 Å². The van der Waals surface area contributed by atoms with Crippen molar-refractivity contribution in [3.8, 4) is 22.0 Å². The van der Waals surface area contributed by atoms with Gasteiger partial charge in [-0.2, -0.15) is 4.98 Å². The van der Waals surface area contributed by atoms with Crippen LogP contribution in [-0.4, -0.2) is 15.1 Å². The first kappa shape index (κ1) is 15.2. The second-order valence-corrected chi connectivity index (χ2v) is 7.23. The Balaban J connectivity index is 1.50. The highest BCUT2D eigenvalue weighted by molar-refractivity contribution is 7.13. The van der Waals surface area contributed by atoms with E-state index in [1.807, 2.05) is 17.5 Å². The van der Waals surface area contributed by atoms with Gasteiger partial charge in [-0.1, -0.05) is 42.4 Å². The highest BCUT2D eigenvalue weighted by Crippen LogP contribution is 2.25. The SMILES string of the molecule is CCc1ccc(-c2csc(Cc3nc(-c4cccs4)no3)n2)cc1. The molecule has 3 heterocycles. The highest BCUT2D eigenvalue weighted by atomic mass is 32.1. The van der Waals surface area contributed by atoms with Gasteiger partial charge in [0.15, 0.2) is 0 Å². The predicted octanol–water partition coefficient (Wildman–Crippen LogP) is 5.07. The molecule has 0 radical (unpaired) electrons. The summed E-state index contributed by atoms with van der Waals surface area (Å²) < 4.78 is 5.35. The maximum absolute atomic E-state index is 5.35. The van der Waals surface area contributed by atoms with Crippen LogP contribution in [0.3, 0.4) is 0 Å². The summed E-state index contributed by atoms with van der Waals surface area (Å²) in [4.78, 5) is 10.2. The zero-order chi connectivity index (χ0) is 16.4. The smallest absolute Gasteiger partial charge is 0.233 e. The average molecular weight is 353 g/mol. The molecule has 0 aliphatic heterocycles. The standard InChI is InChI=1S/C18H15N3OS2/c1-2-12-5-7-13(8-6-12)14-11-24-17(19-14)10-16-20-18(21-22-16)15-4-3-9-23-15/h3-9,11H,2,10H2,1H3. The molecule has 4 rings (SSSR count). The molecule has 0 fully saturated rings. The number of thiazole rings is 1. The lowest BCUT2D eigenvalue weighted by Gasteiger charge is -1.99. The summed E-state index contributed by atoms with van der Waals surface area (Å²) in [5.41, 5.74) is 3.47. The van der Waals surface area contributed by atoms with Gasteiger partial charge in [0.05, 0.1) is 17.0 Å². The molecule has 24 heavy (non-hydrogen) atoms. The summed E-state index contributed by atoms with van der Waals surface area (Å²) in [6.45, 7) is 2.16. The van der Waals surface area contributed by atoms with Crippen LogP contribution < -0.4 is 0 Å². The quantitative estimate of drug-likeness (QED) is 0.502. The molecule has 0 aliphatic carbocycles. The van der Waals surface area contributed by atoms with Gasteiger partial charge in [0.1, 0.15) is 5.01 Å². The first-order valence-corrected chi connectivity index (χ1v) is 9.48. The van der Waals surface area contributed by atoms with Crippen molar-refractivity contribution in [3.63, 3.8) is 0 Å². The topological polar surface area (TPSA) is 51.8 Å². The zero-order valence-electron chi connectivity index (χ0n) is 13.1. The molecular formula is C18H15N3OS2. The van der Waals surface area contributed by atoms with E-state index in [2.05, 4.69) is 46.7 Å². The molecule has 0 saturated carbocycles. The average Bonchev–Trinajstić information content (AvgIpc) is 3.37. The van der Waals surface area contributed by atoms with E-state index in [0.29, 0.717) is 18.1 Å². The van der Waals surface area contributed by atoms with Gasteiger partial charge < -0.3 is 4.52 Å². The summed E-state index contributed by atoms with van der Waals surface area (Å²) in [7, 11) is 0. The summed E-state index contributed by atoms with van der Waals surface area (Å²) in [5.74, 6) is 1.24. The van der Waals surface area contributed by atoms with Crippen LogP contribution in [0, 0.1) is 0 Å². The van der Waals surface area contributed by atoms with Crippen LogP contribution in [0.2, 0.25) is 0 Å². The van der Waals surface area contributed by atoms with Gasteiger partial charge >= 0.3 is 0 Å². The Kier molecular flexibility index (Phi) is 4.23. The number of hydrogen-bond acceptors (Lipinski definition) is 6. The Morgan fingerprint density at radius 3 is 2.67 bits per heavy atom. The minimum Gasteiger partial charge on any atom is -0.338 e. The first-order valence-electron chi connectivity index (χ1n) is 7.72. The number of aryl methyl sites for hydroxylation is 1. The molecule has 0 atom stereocenters. The van der Waals surface area contributed by atoms with Crippen LogP contribution in [0.4, 0.5) is 0 Å². The minimum absolute atomic E-state index is 0.566. The maximum Gasteiger partial charge on any atom is 0.233 e. The second kappa shape index (κ2) is 6.67. The highest BCUT2D eigenvalue weighted by Gasteiger charge is 2.12. The fraction of sp³-hybridized carbons (Fsp3) is 0.167. The van der Waals surface area contributed by atoms with Crippen molar-refractivity contribution in [3.05, 3.63) is 63.6 Å². The van der Waals surface area contributed by atoms with Crippen LogP contribution in [0.1, 0.15) is 23.4 Å². The van der Waals surface area contributed by atoms with E-state index in [9.17, 15) is 0 Å². The summed E-state index contributed by atoms with van der Waals surface area (Å²) >= 11 is 3.22. The van der Waals surface area contributed by atoms with E-state index in [4.69, 9.17) is 9.51 Å². The fourth-order valence-electron chi connectivity index (χ4n) is 2.40. The van der Waals surface area contributed by atoms with E-state index < -0.39 is 0 Å². The monoisotopic (exact) mass is 353 g/mol. The molecule has 0 unspecified atom stereocenters. The van der Waals surface area contributed by atoms with Gasteiger partial charge in [-0.05, 0) is 23.4 Å². The Morgan fingerprint density at radius 2 is 1.92 bits per heavy atom. The third-order valence-electron chi connectivity index (χ3n) is 3.72. The molecule has 4 nitrogen and oxygen atoms in total. The summed E-state index contributed by atoms with van der Waals surface area (Å²) in [6, 6.07) is 12.5. The molecular weight excluding hydrogens is 338 g/mol. The minimum atomic E-state index is 0.566. The van der Waals surface area contributed by atoms with Crippen LogP contribution >= 0.6 is 22.7 Å². The third-order valence-corrected chi connectivity index (χ3v) is 5.44. The van der Waals surface area contributed by atoms with Crippen molar-refractivity contribution in [2.75, 3.05) is 0 Å². The normalized spacial score (nSPS) is 11.0. The molecule has 3 aromatic heterocycles. The number of aromatic nitrogens is 3. The lowest BCUT2D eigenvalue weighted by Crippen LogP contribution is -1.88. The number of benzene rings is 1. The summed E-state index contributed by atoms with van der Waals surface area (Å²) in [6.07, 6.45) is 1.61. The zero-order valence-corrected chi connectivity index (χ0v) is 14.7. The predicted molar refractivity (Wildman–Crippen MR) is 97.3 cm³/mol. The van der Waals surface area contributed by atoms with E-state index >= 15 is 0 Å². The fourth-order valence-corrected chi connectivity index (χ4v) is 3.84. The molecule has 0 saturated heterocycles. The number of hydrogen-bond donors (Lipinski definition) is 0. The Labute approximate surface area is 147 Å². The van der Waals surface area contributed by atoms with Crippen molar-refractivity contribution in [2.24, 2.45) is 0 Å². The number of nitrogens with zero attached hydrogens (tertiary/aromatic N) is 3. The van der Waals surface area contributed by atoms with Crippen molar-refractivity contribution >= 4 is 22.7 Å². The first-order chi connectivity index (χ1) is 11.8. The number of rotatable bonds is 5. The lowest BCUT2D eigenvalue weighted by molar-refractivity contribution is 0.385. The van der Waals surface area contributed by atoms with Gasteiger partial charge in [0, 0.05) is 10.9 Å². The third kappa shape index (κ3) is 3.16. The van der Waals surface area contributed by atoms with Gasteiger partial charge in [-0.25, -0.2) is 4.98 Å². The molecule has 0 bridgehead atoms. The Morgan fingerprint density at radius 1 is 1.04 bits per heavy atom. The number of thiophene rings is 1. The van der Waals surface area contributed by atoms with Crippen LogP contribution in [0.25, 0.3) is 22.0 Å². The van der Waals surface area contributed by atoms with E-state index in [1.165, 1.54) is 5.56 Å². The maximum atomic E-state index is 5.35. The van der Waals surface area contributed by atoms with E-state index in [1.54, 1.807) is 22.7 Å². The molecule has 1 aromatic carbocycles. The second-order valence-electron chi connectivity index (χ2n) is 5.34. The van der Waals surface area contributed by atoms with Gasteiger partial charge in [-0.15, -0.1) is 22.7 Å². The molecule has 120 valence electrons. The molecule has 4 aromatic rings. The van der Waals surface area contributed by atoms with E-state index in [-0.39, 0.29) is 0 Å². The van der Waals surface area contributed by atoms with Crippen molar-refractivity contribution in [1.29, 1.82) is 0 Å². The van der Waals surface area contributed by atoms with Crippen LogP contribution in [0.5, 0.6) is 0 Å². The van der Waals surface area contributed by atoms with Gasteiger partial charge in [0.2, 0.25) is 11.7 Å². The lowest BCUT2D eigenvalue weighted by atomic mass is 10.1. The van der Waals surface area contributed by atoms with Crippen molar-refractivity contribution in [1.82, 2.24) is 15.1 Å². The Hall–Kier alpha value is -2.31. The largest absolute Gasteiger partial charge is 0.338 e. The van der Waals surface area contributed by atoms with Crippen LogP contribution in [0.15, 0.2) is 51.7 Å². The summed E-state index contributed by atoms with van der Waals surface area (Å²) in [5, 5.41) is 9.10. The Bertz CT molecular complexity index is 924. The molecule has 6 heteroatoms. The molecule has 0 amide bonds. The molecule has 0 aliphatic rings. The van der Waals surface area contributed by atoms with Crippen molar-refractivity contribution < 1.29 is 4.52 Å².